The Hall–Kier alpha value is -1.55. The lowest BCUT2D eigenvalue weighted by Gasteiger charge is -2.26. The van der Waals surface area contributed by atoms with Crippen molar-refractivity contribution in [2.75, 3.05) is 13.2 Å². The number of hydrogen-bond acceptors (Lipinski definition) is 3. The number of aromatic hydroxyl groups is 1. The topological polar surface area (TPSA) is 49.8 Å². The SMILES string of the molecule is CC1CC1C(=O)N(Cc1ccccc1O)CC1CCCO1. The standard InChI is InChI=1S/C17H23NO3/c1-12-9-15(12)17(20)18(11-14-6-4-8-21-14)10-13-5-2-3-7-16(13)19/h2-3,5,7,12,14-15,19H,4,6,8-11H2,1H3. The zero-order valence-electron chi connectivity index (χ0n) is 12.5. The van der Waals surface area contributed by atoms with Crippen molar-refractivity contribution in [2.45, 2.75) is 38.8 Å². The summed E-state index contributed by atoms with van der Waals surface area (Å²) < 4.78 is 5.67. The van der Waals surface area contributed by atoms with E-state index in [-0.39, 0.29) is 23.7 Å². The van der Waals surface area contributed by atoms with Crippen LogP contribution in [0.2, 0.25) is 0 Å². The Labute approximate surface area is 125 Å². The van der Waals surface area contributed by atoms with Crippen molar-refractivity contribution in [1.29, 1.82) is 0 Å². The van der Waals surface area contributed by atoms with E-state index >= 15 is 0 Å². The monoisotopic (exact) mass is 289 g/mol. The van der Waals surface area contributed by atoms with Gasteiger partial charge in [0.05, 0.1) is 6.10 Å². The van der Waals surface area contributed by atoms with Gasteiger partial charge >= 0.3 is 0 Å². The first kappa shape index (κ1) is 14.4. The molecule has 1 saturated heterocycles. The van der Waals surface area contributed by atoms with Crippen molar-refractivity contribution in [1.82, 2.24) is 4.90 Å². The fourth-order valence-electron chi connectivity index (χ4n) is 3.02. The molecular weight excluding hydrogens is 266 g/mol. The minimum atomic E-state index is 0.147. The molecule has 1 heterocycles. The number of nitrogens with zero attached hydrogens (tertiary/aromatic N) is 1. The Morgan fingerprint density at radius 3 is 2.81 bits per heavy atom. The van der Waals surface area contributed by atoms with Gasteiger partial charge in [-0.15, -0.1) is 0 Å². The van der Waals surface area contributed by atoms with Gasteiger partial charge in [0.25, 0.3) is 0 Å². The summed E-state index contributed by atoms with van der Waals surface area (Å²) in [6.07, 6.45) is 3.23. The Morgan fingerprint density at radius 2 is 2.19 bits per heavy atom. The fraction of sp³-hybridized carbons (Fsp3) is 0.588. The second kappa shape index (κ2) is 6.06. The molecule has 3 unspecified atom stereocenters. The van der Waals surface area contributed by atoms with Crippen LogP contribution >= 0.6 is 0 Å². The van der Waals surface area contributed by atoms with Crippen LogP contribution in [-0.4, -0.2) is 35.2 Å². The number of carbonyl (C=O) groups is 1. The average Bonchev–Trinajstić information content (AvgIpc) is 2.99. The highest BCUT2D eigenvalue weighted by atomic mass is 16.5. The highest BCUT2D eigenvalue weighted by Gasteiger charge is 2.42. The molecule has 1 amide bonds. The molecule has 4 nitrogen and oxygen atoms in total. The molecule has 1 aliphatic heterocycles. The molecule has 3 rings (SSSR count). The van der Waals surface area contributed by atoms with Gasteiger partial charge in [-0.05, 0) is 31.2 Å². The summed E-state index contributed by atoms with van der Waals surface area (Å²) in [5, 5.41) is 9.94. The van der Waals surface area contributed by atoms with E-state index in [9.17, 15) is 9.90 Å². The summed E-state index contributed by atoms with van der Waals surface area (Å²) in [5.41, 5.74) is 0.803. The number of phenolic OH excluding ortho intramolecular Hbond substituents is 1. The third kappa shape index (κ3) is 3.38. The fourth-order valence-corrected chi connectivity index (χ4v) is 3.02. The van der Waals surface area contributed by atoms with E-state index in [0.717, 1.165) is 31.4 Å². The van der Waals surface area contributed by atoms with E-state index < -0.39 is 0 Å². The van der Waals surface area contributed by atoms with E-state index in [1.165, 1.54) is 0 Å². The minimum Gasteiger partial charge on any atom is -0.508 e. The van der Waals surface area contributed by atoms with Crippen molar-refractivity contribution < 1.29 is 14.6 Å². The molecule has 1 aromatic carbocycles. The van der Waals surface area contributed by atoms with Crippen molar-refractivity contribution in [2.24, 2.45) is 11.8 Å². The van der Waals surface area contributed by atoms with Gasteiger partial charge < -0.3 is 14.7 Å². The van der Waals surface area contributed by atoms with Crippen LogP contribution in [0.15, 0.2) is 24.3 Å². The number of para-hydroxylation sites is 1. The van der Waals surface area contributed by atoms with Crippen LogP contribution in [0, 0.1) is 11.8 Å². The highest BCUT2D eigenvalue weighted by molar-refractivity contribution is 5.81. The molecule has 4 heteroatoms. The molecule has 3 atom stereocenters. The summed E-state index contributed by atoms with van der Waals surface area (Å²) in [6.45, 7) is 4.01. The van der Waals surface area contributed by atoms with Gasteiger partial charge in [-0.3, -0.25) is 4.79 Å². The van der Waals surface area contributed by atoms with Crippen molar-refractivity contribution in [3.63, 3.8) is 0 Å². The van der Waals surface area contributed by atoms with Gasteiger partial charge in [0, 0.05) is 31.2 Å². The lowest BCUT2D eigenvalue weighted by atomic mass is 10.1. The molecule has 1 N–H and O–H groups in total. The predicted octanol–water partition coefficient (Wildman–Crippen LogP) is 2.56. The van der Waals surface area contributed by atoms with E-state index in [1.807, 2.05) is 17.0 Å². The third-order valence-corrected chi connectivity index (χ3v) is 4.54. The van der Waals surface area contributed by atoms with E-state index in [4.69, 9.17) is 4.74 Å². The molecule has 1 aliphatic carbocycles. The number of phenols is 1. The number of rotatable bonds is 5. The van der Waals surface area contributed by atoms with E-state index in [1.54, 1.807) is 12.1 Å². The van der Waals surface area contributed by atoms with Crippen LogP contribution in [0.1, 0.15) is 31.7 Å². The molecule has 1 aromatic rings. The molecule has 0 aromatic heterocycles. The zero-order chi connectivity index (χ0) is 14.8. The minimum absolute atomic E-state index is 0.147. The van der Waals surface area contributed by atoms with Gasteiger partial charge in [0.1, 0.15) is 5.75 Å². The second-order valence-corrected chi connectivity index (χ2v) is 6.30. The molecule has 21 heavy (non-hydrogen) atoms. The number of hydrogen-bond donors (Lipinski definition) is 1. The molecule has 2 fully saturated rings. The summed E-state index contributed by atoms with van der Waals surface area (Å²) in [5.74, 6) is 1.12. The number of amides is 1. The summed E-state index contributed by atoms with van der Waals surface area (Å²) in [7, 11) is 0. The van der Waals surface area contributed by atoms with Gasteiger partial charge in [-0.2, -0.15) is 0 Å². The van der Waals surface area contributed by atoms with Crippen LogP contribution in [-0.2, 0) is 16.1 Å². The number of carbonyl (C=O) groups excluding carboxylic acids is 1. The molecule has 2 aliphatic rings. The summed E-state index contributed by atoms with van der Waals surface area (Å²) in [4.78, 5) is 14.5. The maximum atomic E-state index is 12.6. The predicted molar refractivity (Wildman–Crippen MR) is 79.8 cm³/mol. The van der Waals surface area contributed by atoms with Crippen molar-refractivity contribution in [3.05, 3.63) is 29.8 Å². The van der Waals surface area contributed by atoms with Crippen molar-refractivity contribution >= 4 is 5.91 Å². The molecular formula is C17H23NO3. The molecule has 0 spiro atoms. The maximum Gasteiger partial charge on any atom is 0.226 e. The van der Waals surface area contributed by atoms with Crippen LogP contribution in [0.5, 0.6) is 5.75 Å². The van der Waals surface area contributed by atoms with Crippen LogP contribution < -0.4 is 0 Å². The largest absolute Gasteiger partial charge is 0.508 e. The summed E-state index contributed by atoms with van der Waals surface area (Å²) in [6, 6.07) is 7.24. The number of ether oxygens (including phenoxy) is 1. The maximum absolute atomic E-state index is 12.6. The molecule has 0 radical (unpaired) electrons. The second-order valence-electron chi connectivity index (χ2n) is 6.30. The van der Waals surface area contributed by atoms with Crippen molar-refractivity contribution in [3.8, 4) is 5.75 Å². The summed E-state index contributed by atoms with van der Waals surface area (Å²) >= 11 is 0. The normalized spacial score (nSPS) is 27.6. The Morgan fingerprint density at radius 1 is 1.43 bits per heavy atom. The highest BCUT2D eigenvalue weighted by Crippen LogP contribution is 2.39. The first-order chi connectivity index (χ1) is 10.1. The van der Waals surface area contributed by atoms with Crippen LogP contribution in [0.3, 0.4) is 0 Å². The smallest absolute Gasteiger partial charge is 0.226 e. The Bertz CT molecular complexity index is 511. The van der Waals surface area contributed by atoms with Gasteiger partial charge in [-0.25, -0.2) is 0 Å². The zero-order valence-corrected chi connectivity index (χ0v) is 12.5. The van der Waals surface area contributed by atoms with Crippen LogP contribution in [0.25, 0.3) is 0 Å². The quantitative estimate of drug-likeness (QED) is 0.906. The van der Waals surface area contributed by atoms with Crippen LogP contribution in [0.4, 0.5) is 0 Å². The molecule has 1 saturated carbocycles. The Kier molecular flexibility index (Phi) is 4.15. The molecule has 114 valence electrons. The van der Waals surface area contributed by atoms with Gasteiger partial charge in [0.2, 0.25) is 5.91 Å². The first-order valence-corrected chi connectivity index (χ1v) is 7.82. The van der Waals surface area contributed by atoms with E-state index in [0.29, 0.717) is 19.0 Å². The molecule has 0 bridgehead atoms. The lowest BCUT2D eigenvalue weighted by Crippen LogP contribution is -2.38. The lowest BCUT2D eigenvalue weighted by molar-refractivity contribution is -0.135. The Balaban J connectivity index is 1.71. The number of benzene rings is 1. The van der Waals surface area contributed by atoms with Gasteiger partial charge in [0.15, 0.2) is 0 Å². The van der Waals surface area contributed by atoms with Gasteiger partial charge in [-0.1, -0.05) is 25.1 Å². The third-order valence-electron chi connectivity index (χ3n) is 4.54. The first-order valence-electron chi connectivity index (χ1n) is 7.82. The average molecular weight is 289 g/mol. The van der Waals surface area contributed by atoms with E-state index in [2.05, 4.69) is 6.92 Å².